The van der Waals surface area contributed by atoms with E-state index in [0.29, 0.717) is 31.6 Å². The molecule has 17 nitrogen and oxygen atoms in total. The van der Waals surface area contributed by atoms with E-state index in [0.717, 1.165) is 103 Å². The van der Waals surface area contributed by atoms with Crippen LogP contribution in [-0.4, -0.2) is 96.7 Å². The standard InChI is InChI=1S/C64H124O17P2/c1-6-9-12-15-18-20-22-23-24-25-26-27-28-30-33-39-44-49-63(68)80-59(54-75-62(67)48-43-38-32-29-21-19-16-13-10-7-2)55-78-82(70,71)76-51-58(65)52-77-83(72,73)79-56-60(53-74-61(66)47-42-37-31-17-14-11-8-3)81-64(69)50-45-40-35-34-36-41-46-57(4)5/h57-60,65H,6-56H2,1-5H3,(H,70,71)(H,72,73)/t58-,59-,60-/m1/s1. The lowest BCUT2D eigenvalue weighted by atomic mass is 10.0. The van der Waals surface area contributed by atoms with Gasteiger partial charge in [0, 0.05) is 25.7 Å². The highest BCUT2D eigenvalue weighted by molar-refractivity contribution is 7.47. The van der Waals surface area contributed by atoms with Gasteiger partial charge in [0.15, 0.2) is 12.2 Å². The van der Waals surface area contributed by atoms with Gasteiger partial charge in [0.2, 0.25) is 0 Å². The van der Waals surface area contributed by atoms with Gasteiger partial charge in [-0.3, -0.25) is 37.3 Å². The summed E-state index contributed by atoms with van der Waals surface area (Å²) < 4.78 is 67.9. The van der Waals surface area contributed by atoms with Crippen molar-refractivity contribution in [3.63, 3.8) is 0 Å². The molecule has 492 valence electrons. The van der Waals surface area contributed by atoms with Crippen LogP contribution in [0.4, 0.5) is 0 Å². The summed E-state index contributed by atoms with van der Waals surface area (Å²) in [7, 11) is -9.88. The van der Waals surface area contributed by atoms with Crippen molar-refractivity contribution in [1.29, 1.82) is 0 Å². The summed E-state index contributed by atoms with van der Waals surface area (Å²) in [6.45, 7) is 7.06. The number of ether oxygens (including phenoxy) is 4. The van der Waals surface area contributed by atoms with Crippen LogP contribution in [0.5, 0.6) is 0 Å². The number of rotatable bonds is 64. The van der Waals surface area contributed by atoms with Gasteiger partial charge in [-0.25, -0.2) is 9.13 Å². The van der Waals surface area contributed by atoms with Crippen LogP contribution in [0, 0.1) is 5.92 Å². The predicted octanol–water partition coefficient (Wildman–Crippen LogP) is 17.8. The van der Waals surface area contributed by atoms with Crippen LogP contribution in [0.25, 0.3) is 0 Å². The zero-order valence-electron chi connectivity index (χ0n) is 53.3. The van der Waals surface area contributed by atoms with E-state index < -0.39 is 97.5 Å². The molecule has 0 heterocycles. The fourth-order valence-electron chi connectivity index (χ4n) is 9.58. The lowest BCUT2D eigenvalue weighted by Crippen LogP contribution is -2.30. The Labute approximate surface area is 505 Å². The van der Waals surface area contributed by atoms with Crippen molar-refractivity contribution in [3.05, 3.63) is 0 Å². The maximum Gasteiger partial charge on any atom is 0.472 e. The maximum absolute atomic E-state index is 13.0. The minimum atomic E-state index is -4.94. The molecule has 0 bridgehead atoms. The summed E-state index contributed by atoms with van der Waals surface area (Å²) in [5, 5.41) is 10.5. The second-order valence-electron chi connectivity index (χ2n) is 23.6. The lowest BCUT2D eigenvalue weighted by molar-refractivity contribution is -0.161. The molecule has 0 aliphatic carbocycles. The lowest BCUT2D eigenvalue weighted by Gasteiger charge is -2.21. The Morgan fingerprint density at radius 1 is 0.325 bits per heavy atom. The summed E-state index contributed by atoms with van der Waals surface area (Å²) >= 11 is 0. The molecule has 0 aliphatic rings. The molecule has 0 aromatic heterocycles. The van der Waals surface area contributed by atoms with E-state index >= 15 is 0 Å². The molecule has 0 saturated heterocycles. The van der Waals surface area contributed by atoms with Gasteiger partial charge in [-0.15, -0.1) is 0 Å². The molecule has 5 atom stereocenters. The summed E-state index contributed by atoms with van der Waals surface area (Å²) in [5.41, 5.74) is 0. The SMILES string of the molecule is CCCCCCCCCCCCCCCCCCCC(=O)O[C@H](COC(=O)CCCCCCCCCCCC)COP(=O)(O)OC[C@@H](O)COP(=O)(O)OC[C@@H](COC(=O)CCCCCCCCC)OC(=O)CCCCCCCCC(C)C. The predicted molar refractivity (Wildman–Crippen MR) is 331 cm³/mol. The Morgan fingerprint density at radius 2 is 0.554 bits per heavy atom. The second kappa shape index (κ2) is 57.8. The number of esters is 4. The van der Waals surface area contributed by atoms with Gasteiger partial charge in [0.25, 0.3) is 0 Å². The van der Waals surface area contributed by atoms with E-state index in [-0.39, 0.29) is 25.7 Å². The summed E-state index contributed by atoms with van der Waals surface area (Å²) in [4.78, 5) is 72.0. The van der Waals surface area contributed by atoms with Gasteiger partial charge in [-0.05, 0) is 31.6 Å². The van der Waals surface area contributed by atoms with Crippen molar-refractivity contribution >= 4 is 39.5 Å². The number of aliphatic hydroxyl groups excluding tert-OH is 1. The molecule has 19 heteroatoms. The largest absolute Gasteiger partial charge is 0.472 e. The highest BCUT2D eigenvalue weighted by Crippen LogP contribution is 2.45. The van der Waals surface area contributed by atoms with Crippen molar-refractivity contribution in [2.45, 2.75) is 342 Å². The number of carbonyl (C=O) groups excluding carboxylic acids is 4. The fraction of sp³-hybridized carbons (Fsp3) is 0.938. The summed E-state index contributed by atoms with van der Waals surface area (Å²) in [6, 6.07) is 0. The van der Waals surface area contributed by atoms with E-state index in [1.54, 1.807) is 0 Å². The number of phosphoric ester groups is 2. The Balaban J connectivity index is 5.17. The first-order valence-electron chi connectivity index (χ1n) is 33.6. The number of aliphatic hydroxyl groups is 1. The van der Waals surface area contributed by atoms with Crippen LogP contribution in [0.15, 0.2) is 0 Å². The minimum Gasteiger partial charge on any atom is -0.462 e. The normalized spacial score (nSPS) is 14.2. The van der Waals surface area contributed by atoms with Gasteiger partial charge in [0.05, 0.1) is 26.4 Å². The first kappa shape index (κ1) is 81.1. The fourth-order valence-corrected chi connectivity index (χ4v) is 11.2. The van der Waals surface area contributed by atoms with E-state index in [4.69, 9.17) is 37.0 Å². The number of phosphoric acid groups is 2. The smallest absolute Gasteiger partial charge is 0.462 e. The van der Waals surface area contributed by atoms with E-state index in [1.165, 1.54) is 135 Å². The Bertz CT molecular complexity index is 1620. The molecule has 0 amide bonds. The third-order valence-corrected chi connectivity index (χ3v) is 16.7. The quantitative estimate of drug-likeness (QED) is 0.0222. The summed E-state index contributed by atoms with van der Waals surface area (Å²) in [6.07, 6.45) is 42.0. The summed E-state index contributed by atoms with van der Waals surface area (Å²) in [5.74, 6) is -1.47. The molecule has 0 aliphatic heterocycles. The Morgan fingerprint density at radius 3 is 0.819 bits per heavy atom. The van der Waals surface area contributed by atoms with Crippen molar-refractivity contribution in [1.82, 2.24) is 0 Å². The van der Waals surface area contributed by atoms with Crippen LogP contribution in [-0.2, 0) is 65.4 Å². The average molecular weight is 1230 g/mol. The zero-order chi connectivity index (χ0) is 61.3. The number of hydrogen-bond donors (Lipinski definition) is 3. The molecule has 0 fully saturated rings. The first-order valence-corrected chi connectivity index (χ1v) is 36.6. The molecular weight excluding hydrogens is 1100 g/mol. The van der Waals surface area contributed by atoms with Gasteiger partial charge in [0.1, 0.15) is 19.3 Å². The van der Waals surface area contributed by atoms with Crippen molar-refractivity contribution < 1.29 is 80.2 Å². The van der Waals surface area contributed by atoms with Gasteiger partial charge < -0.3 is 33.8 Å². The molecule has 0 aromatic rings. The molecule has 83 heavy (non-hydrogen) atoms. The maximum atomic E-state index is 13.0. The number of unbranched alkanes of at least 4 members (excludes halogenated alkanes) is 36. The van der Waals surface area contributed by atoms with Crippen LogP contribution < -0.4 is 0 Å². The molecule has 0 saturated carbocycles. The third-order valence-electron chi connectivity index (χ3n) is 14.8. The van der Waals surface area contributed by atoms with Crippen molar-refractivity contribution in [2.75, 3.05) is 39.6 Å². The van der Waals surface area contributed by atoms with E-state index in [2.05, 4.69) is 34.6 Å². The molecule has 2 unspecified atom stereocenters. The number of carbonyl (C=O) groups is 4. The van der Waals surface area contributed by atoms with Gasteiger partial charge in [-0.1, -0.05) is 272 Å². The van der Waals surface area contributed by atoms with Crippen LogP contribution in [0.2, 0.25) is 0 Å². The minimum absolute atomic E-state index is 0.102. The van der Waals surface area contributed by atoms with Gasteiger partial charge >= 0.3 is 39.5 Å². The van der Waals surface area contributed by atoms with Crippen LogP contribution in [0.3, 0.4) is 0 Å². The van der Waals surface area contributed by atoms with E-state index in [1.807, 2.05) is 0 Å². The third kappa shape index (κ3) is 58.8. The molecule has 0 radical (unpaired) electrons. The zero-order valence-corrected chi connectivity index (χ0v) is 55.1. The molecule has 3 N–H and O–H groups in total. The molecule has 0 aromatic carbocycles. The van der Waals surface area contributed by atoms with E-state index in [9.17, 15) is 43.2 Å². The monoisotopic (exact) mass is 1230 g/mol. The highest BCUT2D eigenvalue weighted by Gasteiger charge is 2.30. The first-order chi connectivity index (χ1) is 40.0. The highest BCUT2D eigenvalue weighted by atomic mass is 31.2. The van der Waals surface area contributed by atoms with Gasteiger partial charge in [-0.2, -0.15) is 0 Å². The second-order valence-corrected chi connectivity index (χ2v) is 26.5. The van der Waals surface area contributed by atoms with Crippen molar-refractivity contribution in [2.24, 2.45) is 5.92 Å². The van der Waals surface area contributed by atoms with Crippen LogP contribution in [0.1, 0.15) is 324 Å². The number of hydrogen-bond acceptors (Lipinski definition) is 15. The molecule has 0 spiro atoms. The topological polar surface area (TPSA) is 237 Å². The Kier molecular flexibility index (Phi) is 56.4. The van der Waals surface area contributed by atoms with Crippen molar-refractivity contribution in [3.8, 4) is 0 Å². The Hall–Kier alpha value is -1.94. The van der Waals surface area contributed by atoms with Crippen LogP contribution >= 0.6 is 15.6 Å². The molecule has 0 rings (SSSR count). The average Bonchev–Trinajstić information content (AvgIpc) is 3.45. The molecular formula is C64H124O17P2.